The maximum Gasteiger partial charge on any atom is 0.117 e. The van der Waals surface area contributed by atoms with E-state index in [1.165, 1.54) is 0 Å². The van der Waals surface area contributed by atoms with Crippen LogP contribution in [0.4, 0.5) is 0 Å². The molecule has 0 unspecified atom stereocenters. The van der Waals surface area contributed by atoms with Gasteiger partial charge in [-0.25, -0.2) is 0 Å². The van der Waals surface area contributed by atoms with E-state index in [-0.39, 0.29) is 5.75 Å². The van der Waals surface area contributed by atoms with Crippen molar-refractivity contribution in [2.24, 2.45) is 0 Å². The molecule has 0 fully saturated rings. The summed E-state index contributed by atoms with van der Waals surface area (Å²) < 4.78 is 0. The molecule has 0 amide bonds. The Bertz CT molecular complexity index is 689. The van der Waals surface area contributed by atoms with E-state index in [4.69, 9.17) is 11.6 Å². The Morgan fingerprint density at radius 3 is 2.25 bits per heavy atom. The molecule has 0 saturated heterocycles. The molecule has 3 aromatic carbocycles. The van der Waals surface area contributed by atoms with Gasteiger partial charge in [0.05, 0.1) is 5.02 Å². The van der Waals surface area contributed by atoms with Crippen molar-refractivity contribution in [2.45, 2.75) is 0 Å². The van der Waals surface area contributed by atoms with E-state index < -0.39 is 0 Å². The van der Waals surface area contributed by atoms with Gasteiger partial charge in [0, 0.05) is 5.39 Å². The second-order valence-corrected chi connectivity index (χ2v) is 4.26. The van der Waals surface area contributed by atoms with Crippen LogP contribution in [0.5, 0.6) is 5.75 Å². The summed E-state index contributed by atoms with van der Waals surface area (Å²) in [7, 11) is 0. The molecule has 0 atom stereocenters. The van der Waals surface area contributed by atoms with Crippen LogP contribution in [0.3, 0.4) is 0 Å². The second kappa shape index (κ2) is 3.39. The van der Waals surface area contributed by atoms with Crippen LogP contribution in [0.15, 0.2) is 48.5 Å². The van der Waals surface area contributed by atoms with Gasteiger partial charge in [-0.1, -0.05) is 35.9 Å². The molecule has 0 heterocycles. The highest BCUT2D eigenvalue weighted by molar-refractivity contribution is 6.36. The second-order valence-electron chi connectivity index (χ2n) is 3.85. The highest BCUT2D eigenvalue weighted by Gasteiger charge is 2.03. The third-order valence-electron chi connectivity index (χ3n) is 2.75. The van der Waals surface area contributed by atoms with E-state index in [2.05, 4.69) is 6.07 Å². The summed E-state index contributed by atoms with van der Waals surface area (Å²) in [4.78, 5) is 0. The zero-order chi connectivity index (χ0) is 11.1. The van der Waals surface area contributed by atoms with Gasteiger partial charge >= 0.3 is 0 Å². The third kappa shape index (κ3) is 1.41. The number of fused-ring (bicyclic) bond motifs is 2. The fourth-order valence-corrected chi connectivity index (χ4v) is 2.27. The first-order chi connectivity index (χ1) is 7.74. The fourth-order valence-electron chi connectivity index (χ4n) is 1.99. The summed E-state index contributed by atoms with van der Waals surface area (Å²) in [5.41, 5.74) is 0. The van der Waals surface area contributed by atoms with Crippen LogP contribution in [0.2, 0.25) is 5.02 Å². The van der Waals surface area contributed by atoms with Gasteiger partial charge in [-0.05, 0) is 40.4 Å². The number of hydrogen-bond acceptors (Lipinski definition) is 1. The molecule has 16 heavy (non-hydrogen) atoms. The lowest BCUT2D eigenvalue weighted by Crippen LogP contribution is -1.77. The standard InChI is InChI=1S/C14H9ClO/c15-14-8-12(16)6-11-5-9-3-1-2-4-10(9)7-13(11)14/h1-8,16H. The molecule has 78 valence electrons. The zero-order valence-corrected chi connectivity index (χ0v) is 9.20. The lowest BCUT2D eigenvalue weighted by molar-refractivity contribution is 0.476. The van der Waals surface area contributed by atoms with Crippen molar-refractivity contribution in [1.29, 1.82) is 0 Å². The molecule has 0 spiro atoms. The number of benzene rings is 3. The highest BCUT2D eigenvalue weighted by Crippen LogP contribution is 2.31. The fraction of sp³-hybridized carbons (Fsp3) is 0. The molecule has 0 aromatic heterocycles. The van der Waals surface area contributed by atoms with Crippen LogP contribution in [-0.2, 0) is 0 Å². The van der Waals surface area contributed by atoms with Gasteiger partial charge in [0.25, 0.3) is 0 Å². The Kier molecular flexibility index (Phi) is 2.01. The molecule has 0 bridgehead atoms. The quantitative estimate of drug-likeness (QED) is 0.567. The van der Waals surface area contributed by atoms with E-state index in [0.29, 0.717) is 5.02 Å². The smallest absolute Gasteiger partial charge is 0.117 e. The molecule has 0 aliphatic heterocycles. The van der Waals surface area contributed by atoms with E-state index >= 15 is 0 Å². The monoisotopic (exact) mass is 228 g/mol. The summed E-state index contributed by atoms with van der Waals surface area (Å²) in [6.45, 7) is 0. The van der Waals surface area contributed by atoms with E-state index in [9.17, 15) is 5.11 Å². The molecule has 2 heteroatoms. The van der Waals surface area contributed by atoms with Crippen molar-refractivity contribution >= 4 is 33.1 Å². The molecule has 0 saturated carbocycles. The number of phenols is 1. The van der Waals surface area contributed by atoms with Crippen LogP contribution in [-0.4, -0.2) is 5.11 Å². The lowest BCUT2D eigenvalue weighted by atomic mass is 10.0. The highest BCUT2D eigenvalue weighted by atomic mass is 35.5. The Hall–Kier alpha value is -1.73. The Labute approximate surface area is 97.9 Å². The first-order valence-electron chi connectivity index (χ1n) is 5.05. The van der Waals surface area contributed by atoms with Gasteiger partial charge in [-0.2, -0.15) is 0 Å². The first kappa shape index (κ1) is 9.49. The average molecular weight is 229 g/mol. The van der Waals surface area contributed by atoms with Crippen LogP contribution < -0.4 is 0 Å². The molecule has 1 N–H and O–H groups in total. The summed E-state index contributed by atoms with van der Waals surface area (Å²) >= 11 is 6.10. The Morgan fingerprint density at radius 1 is 0.812 bits per heavy atom. The van der Waals surface area contributed by atoms with E-state index in [1.54, 1.807) is 12.1 Å². The van der Waals surface area contributed by atoms with Gasteiger partial charge in [0.2, 0.25) is 0 Å². The molecular formula is C14H9ClO. The number of halogens is 1. The van der Waals surface area contributed by atoms with Gasteiger partial charge < -0.3 is 5.11 Å². The van der Waals surface area contributed by atoms with Crippen molar-refractivity contribution in [2.75, 3.05) is 0 Å². The van der Waals surface area contributed by atoms with Crippen molar-refractivity contribution in [3.8, 4) is 5.75 Å². The third-order valence-corrected chi connectivity index (χ3v) is 3.07. The molecule has 1 nitrogen and oxygen atoms in total. The number of rotatable bonds is 0. The lowest BCUT2D eigenvalue weighted by Gasteiger charge is -2.04. The van der Waals surface area contributed by atoms with Gasteiger partial charge in [-0.3, -0.25) is 0 Å². The first-order valence-corrected chi connectivity index (χ1v) is 5.43. The van der Waals surface area contributed by atoms with Crippen LogP contribution in [0, 0.1) is 0 Å². The largest absolute Gasteiger partial charge is 0.508 e. The zero-order valence-electron chi connectivity index (χ0n) is 8.44. The van der Waals surface area contributed by atoms with E-state index in [0.717, 1.165) is 21.5 Å². The van der Waals surface area contributed by atoms with Crippen LogP contribution in [0.25, 0.3) is 21.5 Å². The molecule has 3 aromatic rings. The van der Waals surface area contributed by atoms with Crippen molar-refractivity contribution < 1.29 is 5.11 Å². The summed E-state index contributed by atoms with van der Waals surface area (Å²) in [5, 5.41) is 14.3. The number of hydrogen-bond donors (Lipinski definition) is 1. The number of aromatic hydroxyl groups is 1. The normalized spacial score (nSPS) is 11.1. The van der Waals surface area contributed by atoms with Crippen molar-refractivity contribution in [1.82, 2.24) is 0 Å². The summed E-state index contributed by atoms with van der Waals surface area (Å²) in [6.07, 6.45) is 0. The Morgan fingerprint density at radius 2 is 1.50 bits per heavy atom. The molecule has 0 aliphatic rings. The Balaban J connectivity index is 2.51. The minimum absolute atomic E-state index is 0.202. The molecule has 0 aliphatic carbocycles. The minimum atomic E-state index is 0.202. The summed E-state index contributed by atoms with van der Waals surface area (Å²) in [5.74, 6) is 0.202. The average Bonchev–Trinajstić information content (AvgIpc) is 2.27. The van der Waals surface area contributed by atoms with Crippen LogP contribution in [0.1, 0.15) is 0 Å². The minimum Gasteiger partial charge on any atom is -0.508 e. The van der Waals surface area contributed by atoms with Crippen molar-refractivity contribution in [3.63, 3.8) is 0 Å². The maximum absolute atomic E-state index is 9.50. The molecular weight excluding hydrogens is 220 g/mol. The SMILES string of the molecule is Oc1cc(Cl)c2cc3ccccc3cc2c1. The predicted molar refractivity (Wildman–Crippen MR) is 68.1 cm³/mol. The van der Waals surface area contributed by atoms with Crippen LogP contribution >= 0.6 is 11.6 Å². The van der Waals surface area contributed by atoms with E-state index in [1.807, 2.05) is 30.3 Å². The van der Waals surface area contributed by atoms with Gasteiger partial charge in [0.15, 0.2) is 0 Å². The predicted octanol–water partition coefficient (Wildman–Crippen LogP) is 4.35. The molecule has 0 radical (unpaired) electrons. The van der Waals surface area contributed by atoms with Crippen molar-refractivity contribution in [3.05, 3.63) is 53.6 Å². The van der Waals surface area contributed by atoms with Gasteiger partial charge in [0.1, 0.15) is 5.75 Å². The molecule has 3 rings (SSSR count). The topological polar surface area (TPSA) is 20.2 Å². The number of phenolic OH excluding ortho intramolecular Hbond substituents is 1. The van der Waals surface area contributed by atoms with Gasteiger partial charge in [-0.15, -0.1) is 0 Å². The maximum atomic E-state index is 9.50. The summed E-state index contributed by atoms with van der Waals surface area (Å²) in [6, 6.07) is 15.5.